The third-order valence-corrected chi connectivity index (χ3v) is 2.00. The number of hydrogen-bond donors (Lipinski definition) is 1. The van der Waals surface area contributed by atoms with Crippen LogP contribution in [0.1, 0.15) is 11.1 Å². The molecule has 1 N–H and O–H groups in total. The summed E-state index contributed by atoms with van der Waals surface area (Å²) in [6.07, 6.45) is 1.19. The van der Waals surface area contributed by atoms with Crippen molar-refractivity contribution in [3.05, 3.63) is 35.4 Å². The molecule has 0 atom stereocenters. The van der Waals surface area contributed by atoms with Gasteiger partial charge in [-0.3, -0.25) is 0 Å². The van der Waals surface area contributed by atoms with Crippen LogP contribution in [0.2, 0.25) is 0 Å². The Labute approximate surface area is 85.7 Å². The van der Waals surface area contributed by atoms with E-state index in [-0.39, 0.29) is 0 Å². The first-order valence-electron chi connectivity index (χ1n) is 4.00. The fourth-order valence-corrected chi connectivity index (χ4v) is 1.42. The van der Waals surface area contributed by atoms with Crippen LogP contribution in [0, 0.1) is 0 Å². The fourth-order valence-electron chi connectivity index (χ4n) is 1.42. The average molecular weight is 360 g/mol. The number of rotatable bonds is 0. The first kappa shape index (κ1) is 10.5. The molecule has 0 aliphatic carbocycles. The van der Waals surface area contributed by atoms with Gasteiger partial charge in [-0.2, -0.15) is 0 Å². The molecule has 0 saturated carbocycles. The minimum Gasteiger partial charge on any atom is -0.312 e. The Kier molecular flexibility index (Phi) is 4.87. The van der Waals surface area contributed by atoms with Crippen LogP contribution in [0.4, 0.5) is 0 Å². The van der Waals surface area contributed by atoms with E-state index in [4.69, 9.17) is 6.80 Å². The molecule has 1 heterocycles. The van der Waals surface area contributed by atoms with E-state index >= 15 is 0 Å². The van der Waals surface area contributed by atoms with E-state index in [1.807, 2.05) is 0 Å². The van der Waals surface area contributed by atoms with Crippen LogP contribution in [-0.4, -0.2) is 6.54 Å². The Bertz CT molecular complexity index is 283. The van der Waals surface area contributed by atoms with E-state index in [9.17, 15) is 0 Å². The van der Waals surface area contributed by atoms with Crippen LogP contribution in [0.15, 0.2) is 24.3 Å². The molecule has 0 bridgehead atoms. The van der Waals surface area contributed by atoms with Gasteiger partial charge in [-0.15, -0.1) is 0 Å². The molecule has 0 unspecified atom stereocenters. The Hall–Kier alpha value is -0.532. The van der Waals surface area contributed by atoms with E-state index in [1.165, 1.54) is 17.5 Å². The van der Waals surface area contributed by atoms with Crippen molar-refractivity contribution in [1.82, 2.24) is 5.32 Å². The zero-order valence-corrected chi connectivity index (χ0v) is 9.34. The largest absolute Gasteiger partial charge is 0.312 e. The monoisotopic (exact) mass is 360 g/mol. The van der Waals surface area contributed by atoms with Crippen molar-refractivity contribution in [1.29, 1.82) is 0 Å². The Morgan fingerprint density at radius 2 is 1.77 bits per heavy atom. The van der Waals surface area contributed by atoms with Gasteiger partial charge in [0, 0.05) is 6.54 Å². The predicted molar refractivity (Wildman–Crippen MR) is 43.2 cm³/mol. The molecule has 74 valence electrons. The van der Waals surface area contributed by atoms with Gasteiger partial charge in [0.1, 0.15) is 0 Å². The van der Waals surface area contributed by atoms with Crippen LogP contribution in [0.3, 0.4) is 0 Å². The van der Waals surface area contributed by atoms with Crippen molar-refractivity contribution >= 4 is 0 Å². The molecule has 0 aromatic heterocycles. The van der Waals surface area contributed by atoms with E-state index in [1.54, 1.807) is 0 Å². The molecule has 0 radical (unpaired) electrons. The summed E-state index contributed by atoms with van der Waals surface area (Å²) >= 11 is -1.92. The summed E-state index contributed by atoms with van der Waals surface area (Å²) < 4.78 is 17.0. The summed E-state index contributed by atoms with van der Waals surface area (Å²) in [5, 5.41) is 3.34. The van der Waals surface area contributed by atoms with E-state index in [0.717, 1.165) is 13.1 Å². The predicted octanol–water partition coefficient (Wildman–Crippen LogP) is 1.09. The summed E-state index contributed by atoms with van der Waals surface area (Å²) in [5.41, 5.74) is 2.98. The van der Waals surface area contributed by atoms with Gasteiger partial charge in [0.2, 0.25) is 0 Å². The SMILES string of the molecule is [O]=[Pt]=[O].c1ccc2c(c1)CCNC2. The van der Waals surface area contributed by atoms with Gasteiger partial charge >= 0.3 is 25.3 Å². The van der Waals surface area contributed by atoms with Crippen molar-refractivity contribution in [2.24, 2.45) is 0 Å². The Balaban J connectivity index is 0.000000251. The number of benzene rings is 1. The van der Waals surface area contributed by atoms with Gasteiger partial charge in [-0.05, 0) is 24.1 Å². The molecule has 4 heteroatoms. The molecule has 1 aromatic carbocycles. The number of hydrogen-bond acceptors (Lipinski definition) is 3. The summed E-state index contributed by atoms with van der Waals surface area (Å²) in [7, 11) is 0. The molecule has 2 rings (SSSR count). The van der Waals surface area contributed by atoms with Crippen molar-refractivity contribution in [3.63, 3.8) is 0 Å². The Morgan fingerprint density at radius 1 is 1.15 bits per heavy atom. The molecule has 0 fully saturated rings. The van der Waals surface area contributed by atoms with Crippen LogP contribution < -0.4 is 5.32 Å². The van der Waals surface area contributed by atoms with Crippen molar-refractivity contribution in [2.45, 2.75) is 13.0 Å². The average Bonchev–Trinajstić information content (AvgIpc) is 2.19. The first-order chi connectivity index (χ1) is 6.38. The van der Waals surface area contributed by atoms with Crippen molar-refractivity contribution in [3.8, 4) is 0 Å². The number of nitrogens with one attached hydrogen (secondary N) is 1. The minimum atomic E-state index is -1.92. The van der Waals surface area contributed by atoms with Gasteiger partial charge in [-0.25, -0.2) is 0 Å². The third kappa shape index (κ3) is 3.37. The first-order valence-corrected chi connectivity index (χ1v) is 5.86. The summed E-state index contributed by atoms with van der Waals surface area (Å²) in [4.78, 5) is 0. The van der Waals surface area contributed by atoms with Gasteiger partial charge in [0.25, 0.3) is 0 Å². The maximum atomic E-state index is 8.49. The maximum Gasteiger partial charge on any atom is 0.0208 e. The van der Waals surface area contributed by atoms with Gasteiger partial charge in [-0.1, -0.05) is 24.3 Å². The van der Waals surface area contributed by atoms with Gasteiger partial charge in [0.05, 0.1) is 0 Å². The topological polar surface area (TPSA) is 46.2 Å². The molecule has 1 aliphatic heterocycles. The summed E-state index contributed by atoms with van der Waals surface area (Å²) in [6.45, 7) is 2.19. The Morgan fingerprint density at radius 3 is 2.38 bits per heavy atom. The van der Waals surface area contributed by atoms with Gasteiger partial charge < -0.3 is 5.32 Å². The maximum absolute atomic E-state index is 8.49. The molecule has 1 aromatic rings. The summed E-state index contributed by atoms with van der Waals surface area (Å²) in [5.74, 6) is 0. The van der Waals surface area contributed by atoms with E-state index < -0.39 is 18.5 Å². The zero-order chi connectivity index (χ0) is 9.52. The van der Waals surface area contributed by atoms with Crippen molar-refractivity contribution < 1.29 is 25.3 Å². The second-order valence-corrected chi connectivity index (χ2v) is 3.13. The molecule has 3 nitrogen and oxygen atoms in total. The van der Waals surface area contributed by atoms with Gasteiger partial charge in [0.15, 0.2) is 0 Å². The molecule has 0 spiro atoms. The van der Waals surface area contributed by atoms with Crippen LogP contribution >= 0.6 is 0 Å². The zero-order valence-electron chi connectivity index (χ0n) is 7.06. The van der Waals surface area contributed by atoms with Crippen molar-refractivity contribution in [2.75, 3.05) is 6.54 Å². The molecule has 13 heavy (non-hydrogen) atoms. The minimum absolute atomic E-state index is 1.05. The van der Waals surface area contributed by atoms with E-state index in [2.05, 4.69) is 29.6 Å². The fraction of sp³-hybridized carbons (Fsp3) is 0.333. The molecular weight excluding hydrogens is 349 g/mol. The molecular formula is C9H11NO2Pt. The normalized spacial score (nSPS) is 14.2. The quantitative estimate of drug-likeness (QED) is 0.754. The van der Waals surface area contributed by atoms with E-state index in [0.29, 0.717) is 0 Å². The summed E-state index contributed by atoms with van der Waals surface area (Å²) in [6, 6.07) is 8.63. The van der Waals surface area contributed by atoms with Crippen LogP contribution in [-0.2, 0) is 38.2 Å². The third-order valence-electron chi connectivity index (χ3n) is 2.00. The second kappa shape index (κ2) is 6.00. The smallest absolute Gasteiger partial charge is 0.0208 e. The van der Waals surface area contributed by atoms with Crippen LogP contribution in [0.25, 0.3) is 0 Å². The molecule has 1 aliphatic rings. The van der Waals surface area contributed by atoms with Crippen LogP contribution in [0.5, 0.6) is 0 Å². The standard InChI is InChI=1S/C9H11N.2O.Pt/c1-2-4-9-7-10-6-5-8(9)3-1;;;/h1-4,10H,5-7H2;;;. The second-order valence-electron chi connectivity index (χ2n) is 2.75. The number of fused-ring (bicyclic) bond motifs is 1. The molecule has 0 amide bonds. The molecule has 0 saturated heterocycles.